The summed E-state index contributed by atoms with van der Waals surface area (Å²) < 4.78 is 36.3. The highest BCUT2D eigenvalue weighted by Gasteiger charge is 2.13. The molecule has 0 radical (unpaired) electrons. The molecule has 3 aromatic rings. The third-order valence-electron chi connectivity index (χ3n) is 4.04. The van der Waals surface area contributed by atoms with Gasteiger partial charge >= 0.3 is 0 Å². The molecular formula is C23H24N2O4S. The first-order valence-corrected chi connectivity index (χ1v) is 11.0. The zero-order chi connectivity index (χ0) is 21.4. The number of hydrogen-bond acceptors (Lipinski definition) is 5. The Labute approximate surface area is 177 Å². The van der Waals surface area contributed by atoms with Gasteiger partial charge in [0, 0.05) is 5.56 Å². The van der Waals surface area contributed by atoms with Crippen LogP contribution in [-0.2, 0) is 16.6 Å². The quantitative estimate of drug-likeness (QED) is 0.409. The standard InChI is InChI=1S/C23H24N2O4S/c1-18(2)29-21-12-14-22(15-13-21)30(26,27)25-24-16-20-10-6-7-11-23(20)28-17-19-8-4-3-5-9-19/h3-16,18,25H,17H2,1-2H3/b24-16+. The number of ether oxygens (including phenoxy) is 2. The van der Waals surface area contributed by atoms with Crippen LogP contribution in [0.1, 0.15) is 25.0 Å². The van der Waals surface area contributed by atoms with Crippen molar-refractivity contribution in [3.8, 4) is 11.5 Å². The van der Waals surface area contributed by atoms with Gasteiger partial charge in [-0.2, -0.15) is 13.5 Å². The molecule has 0 heterocycles. The van der Waals surface area contributed by atoms with Crippen molar-refractivity contribution in [1.29, 1.82) is 0 Å². The Morgan fingerprint density at radius 2 is 1.60 bits per heavy atom. The Hall–Kier alpha value is -3.32. The van der Waals surface area contributed by atoms with Gasteiger partial charge in [-0.25, -0.2) is 4.83 Å². The van der Waals surface area contributed by atoms with Crippen LogP contribution < -0.4 is 14.3 Å². The zero-order valence-electron chi connectivity index (χ0n) is 16.9. The summed E-state index contributed by atoms with van der Waals surface area (Å²) in [5.41, 5.74) is 1.70. The highest BCUT2D eigenvalue weighted by molar-refractivity contribution is 7.89. The topological polar surface area (TPSA) is 77.0 Å². The summed E-state index contributed by atoms with van der Waals surface area (Å²) in [5.74, 6) is 1.22. The maximum atomic E-state index is 12.5. The van der Waals surface area contributed by atoms with E-state index in [1.54, 1.807) is 18.2 Å². The molecule has 6 nitrogen and oxygen atoms in total. The SMILES string of the molecule is CC(C)Oc1ccc(S(=O)(=O)N/N=C/c2ccccc2OCc2ccccc2)cc1. The third kappa shape index (κ3) is 6.09. The molecule has 0 bridgehead atoms. The Bertz CT molecular complexity index is 1080. The molecule has 0 aliphatic rings. The molecular weight excluding hydrogens is 400 g/mol. The Morgan fingerprint density at radius 3 is 2.30 bits per heavy atom. The van der Waals surface area contributed by atoms with Crippen LogP contribution in [0.2, 0.25) is 0 Å². The molecule has 0 amide bonds. The van der Waals surface area contributed by atoms with Crippen LogP contribution in [0.25, 0.3) is 0 Å². The van der Waals surface area contributed by atoms with E-state index in [4.69, 9.17) is 9.47 Å². The van der Waals surface area contributed by atoms with Crippen molar-refractivity contribution < 1.29 is 17.9 Å². The van der Waals surface area contributed by atoms with E-state index in [2.05, 4.69) is 9.93 Å². The van der Waals surface area contributed by atoms with Crippen LogP contribution in [0.4, 0.5) is 0 Å². The maximum Gasteiger partial charge on any atom is 0.276 e. The van der Waals surface area contributed by atoms with Crippen LogP contribution in [0.5, 0.6) is 11.5 Å². The normalized spacial score (nSPS) is 11.6. The fourth-order valence-electron chi connectivity index (χ4n) is 2.64. The predicted octanol–water partition coefficient (Wildman–Crippen LogP) is 4.37. The van der Waals surface area contributed by atoms with Crippen LogP contribution >= 0.6 is 0 Å². The second kappa shape index (κ2) is 9.93. The first-order valence-electron chi connectivity index (χ1n) is 9.51. The minimum Gasteiger partial charge on any atom is -0.491 e. The van der Waals surface area contributed by atoms with E-state index in [-0.39, 0.29) is 11.0 Å². The lowest BCUT2D eigenvalue weighted by atomic mass is 10.2. The average Bonchev–Trinajstić information content (AvgIpc) is 2.74. The summed E-state index contributed by atoms with van der Waals surface area (Å²) in [7, 11) is -3.79. The second-order valence-corrected chi connectivity index (χ2v) is 8.46. The molecule has 0 saturated heterocycles. The number of nitrogens with zero attached hydrogens (tertiary/aromatic N) is 1. The van der Waals surface area contributed by atoms with E-state index < -0.39 is 10.0 Å². The Morgan fingerprint density at radius 1 is 0.933 bits per heavy atom. The van der Waals surface area contributed by atoms with E-state index in [1.807, 2.05) is 62.4 Å². The van der Waals surface area contributed by atoms with Gasteiger partial charge in [0.2, 0.25) is 0 Å². The Kier molecular flexibility index (Phi) is 7.08. The lowest BCUT2D eigenvalue weighted by molar-refractivity contribution is 0.242. The van der Waals surface area contributed by atoms with Gasteiger partial charge in [0.25, 0.3) is 10.0 Å². The van der Waals surface area contributed by atoms with Crippen LogP contribution in [-0.4, -0.2) is 20.7 Å². The first kappa shape index (κ1) is 21.4. The smallest absolute Gasteiger partial charge is 0.276 e. The molecule has 30 heavy (non-hydrogen) atoms. The zero-order valence-corrected chi connectivity index (χ0v) is 17.7. The molecule has 7 heteroatoms. The number of hydrogen-bond donors (Lipinski definition) is 1. The average molecular weight is 425 g/mol. The van der Waals surface area contributed by atoms with Crippen molar-refractivity contribution in [1.82, 2.24) is 4.83 Å². The van der Waals surface area contributed by atoms with Crippen molar-refractivity contribution in [2.75, 3.05) is 0 Å². The molecule has 0 aromatic heterocycles. The number of hydrazone groups is 1. The summed E-state index contributed by atoms with van der Waals surface area (Å²) in [6.45, 7) is 4.22. The van der Waals surface area contributed by atoms with Gasteiger partial charge in [0.05, 0.1) is 17.2 Å². The van der Waals surface area contributed by atoms with E-state index in [9.17, 15) is 8.42 Å². The molecule has 0 saturated carbocycles. The van der Waals surface area contributed by atoms with Gasteiger partial charge in [-0.1, -0.05) is 42.5 Å². The largest absolute Gasteiger partial charge is 0.491 e. The summed E-state index contributed by atoms with van der Waals surface area (Å²) >= 11 is 0. The highest BCUT2D eigenvalue weighted by atomic mass is 32.2. The van der Waals surface area contributed by atoms with E-state index in [0.717, 1.165) is 5.56 Å². The van der Waals surface area contributed by atoms with Crippen molar-refractivity contribution in [3.63, 3.8) is 0 Å². The lowest BCUT2D eigenvalue weighted by Gasteiger charge is -2.10. The van der Waals surface area contributed by atoms with Gasteiger partial charge in [-0.05, 0) is 55.8 Å². The third-order valence-corrected chi connectivity index (χ3v) is 5.28. The summed E-state index contributed by atoms with van der Waals surface area (Å²) in [4.78, 5) is 2.33. The molecule has 3 aromatic carbocycles. The van der Waals surface area contributed by atoms with Gasteiger partial charge < -0.3 is 9.47 Å². The molecule has 0 atom stereocenters. The van der Waals surface area contributed by atoms with Crippen molar-refractivity contribution >= 4 is 16.2 Å². The first-order chi connectivity index (χ1) is 14.4. The minimum absolute atomic E-state index is 0.0133. The molecule has 156 valence electrons. The van der Waals surface area contributed by atoms with Crippen LogP contribution in [0.15, 0.2) is 88.9 Å². The number of nitrogens with one attached hydrogen (secondary N) is 1. The fraction of sp³-hybridized carbons (Fsp3) is 0.174. The number of rotatable bonds is 9. The van der Waals surface area contributed by atoms with Gasteiger partial charge in [-0.15, -0.1) is 0 Å². The highest BCUT2D eigenvalue weighted by Crippen LogP contribution is 2.19. The molecule has 0 fully saturated rings. The molecule has 0 aliphatic carbocycles. The molecule has 0 unspecified atom stereocenters. The number of benzene rings is 3. The van der Waals surface area contributed by atoms with Crippen molar-refractivity contribution in [2.24, 2.45) is 5.10 Å². The van der Waals surface area contributed by atoms with Crippen molar-refractivity contribution in [2.45, 2.75) is 31.5 Å². The Balaban J connectivity index is 1.65. The molecule has 3 rings (SSSR count). The molecule has 0 aliphatic heterocycles. The maximum absolute atomic E-state index is 12.5. The van der Waals surface area contributed by atoms with Crippen LogP contribution in [0, 0.1) is 0 Å². The minimum atomic E-state index is -3.79. The van der Waals surface area contributed by atoms with Crippen LogP contribution in [0.3, 0.4) is 0 Å². The van der Waals surface area contributed by atoms with Gasteiger partial charge in [0.1, 0.15) is 18.1 Å². The molecule has 0 spiro atoms. The second-order valence-electron chi connectivity index (χ2n) is 6.80. The van der Waals surface area contributed by atoms with Crippen molar-refractivity contribution in [3.05, 3.63) is 90.0 Å². The van der Waals surface area contributed by atoms with Gasteiger partial charge in [0.15, 0.2) is 0 Å². The van der Waals surface area contributed by atoms with E-state index >= 15 is 0 Å². The summed E-state index contributed by atoms with van der Waals surface area (Å²) in [5, 5.41) is 3.90. The fourth-order valence-corrected chi connectivity index (χ4v) is 3.43. The predicted molar refractivity (Wildman–Crippen MR) is 117 cm³/mol. The molecule has 1 N–H and O–H groups in total. The van der Waals surface area contributed by atoms with E-state index in [0.29, 0.717) is 23.7 Å². The summed E-state index contributed by atoms with van der Waals surface area (Å²) in [6.07, 6.45) is 1.44. The number of para-hydroxylation sites is 1. The van der Waals surface area contributed by atoms with Gasteiger partial charge in [-0.3, -0.25) is 0 Å². The van der Waals surface area contributed by atoms with E-state index in [1.165, 1.54) is 18.3 Å². The monoisotopic (exact) mass is 424 g/mol. The summed E-state index contributed by atoms with van der Waals surface area (Å²) in [6, 6.07) is 23.3. The lowest BCUT2D eigenvalue weighted by Crippen LogP contribution is -2.18. The number of sulfonamides is 1.